The Morgan fingerprint density at radius 1 is 1.05 bits per heavy atom. The average Bonchev–Trinajstić information content (AvgIpc) is 3.26. The monoisotopic (exact) mass is 558 g/mol. The first-order chi connectivity index (χ1) is 18.3. The second-order valence-corrected chi connectivity index (χ2v) is 8.54. The van der Waals surface area contributed by atoms with Crippen LogP contribution in [0.3, 0.4) is 0 Å². The molecule has 2 aromatic rings. The number of ether oxygens (including phenoxy) is 1. The molecule has 2 heterocycles. The van der Waals surface area contributed by atoms with Crippen LogP contribution in [0.2, 0.25) is 0 Å². The van der Waals surface area contributed by atoms with E-state index in [0.29, 0.717) is 23.1 Å². The number of nitrogens with one attached hydrogen (secondary N) is 1. The van der Waals surface area contributed by atoms with Gasteiger partial charge >= 0.3 is 24.2 Å². The second kappa shape index (κ2) is 10.5. The molecule has 0 radical (unpaired) electrons. The van der Waals surface area contributed by atoms with Crippen LogP contribution in [0.4, 0.5) is 47.3 Å². The Kier molecular flexibility index (Phi) is 7.44. The van der Waals surface area contributed by atoms with E-state index in [2.05, 4.69) is 5.32 Å². The summed E-state index contributed by atoms with van der Waals surface area (Å²) >= 11 is 0. The van der Waals surface area contributed by atoms with Crippen molar-refractivity contribution in [3.63, 3.8) is 0 Å². The molecule has 2 fully saturated rings. The van der Waals surface area contributed by atoms with Gasteiger partial charge in [-0.3, -0.25) is 24.3 Å². The first-order valence-electron chi connectivity index (χ1n) is 11.5. The van der Waals surface area contributed by atoms with E-state index in [1.54, 1.807) is 0 Å². The summed E-state index contributed by atoms with van der Waals surface area (Å²) in [6, 6.07) is 1.63. The molecule has 9 nitrogen and oxygen atoms in total. The van der Waals surface area contributed by atoms with E-state index in [0.717, 1.165) is 17.0 Å². The number of carbonyl (C=O) groups excluding carboxylic acids is 4. The summed E-state index contributed by atoms with van der Waals surface area (Å²) in [5.41, 5.74) is -3.70. The van der Waals surface area contributed by atoms with Crippen LogP contribution in [0.1, 0.15) is 18.1 Å². The van der Waals surface area contributed by atoms with E-state index in [1.165, 1.54) is 6.92 Å². The maximum absolute atomic E-state index is 15.0. The Morgan fingerprint density at radius 3 is 2.28 bits per heavy atom. The smallest absolute Gasteiger partial charge is 0.419 e. The van der Waals surface area contributed by atoms with Crippen LogP contribution in [0.5, 0.6) is 0 Å². The third-order valence-corrected chi connectivity index (χ3v) is 6.11. The van der Waals surface area contributed by atoms with Gasteiger partial charge in [-0.2, -0.15) is 13.2 Å². The molecule has 1 unspecified atom stereocenters. The molecule has 1 atom stereocenters. The van der Waals surface area contributed by atoms with Crippen molar-refractivity contribution in [3.8, 4) is 0 Å². The molecule has 0 aliphatic carbocycles. The van der Waals surface area contributed by atoms with Gasteiger partial charge in [0.05, 0.1) is 30.9 Å². The van der Waals surface area contributed by atoms with Crippen LogP contribution < -0.4 is 15.1 Å². The van der Waals surface area contributed by atoms with Gasteiger partial charge < -0.3 is 10.1 Å². The van der Waals surface area contributed by atoms with E-state index >= 15 is 8.78 Å². The van der Waals surface area contributed by atoms with Gasteiger partial charge in [-0.1, -0.05) is 12.1 Å². The topological polar surface area (TPSA) is 99.3 Å². The molecule has 1 N–H and O–H groups in total. The summed E-state index contributed by atoms with van der Waals surface area (Å²) in [6.07, 6.45) is -5.19. The summed E-state index contributed by atoms with van der Waals surface area (Å²) in [5.74, 6) is -8.29. The number of esters is 1. The number of amides is 5. The number of alkyl halides is 3. The standard InChI is InChI=1S/C24H20F6N4O5/c1-2-39-21(36)14-11-33(13-8-16(26)19(17(27)9-13)32-7-6-31-22(32)37)23(38)34(20(14)35)10-12-4-3-5-15(25)18(12)24(28,29)30/h3-5,8-9,14H,2,6-7,10-11H2,1H3,(H,31,37). The Labute approximate surface area is 216 Å². The fourth-order valence-electron chi connectivity index (χ4n) is 4.39. The number of carbonyl (C=O) groups is 4. The Morgan fingerprint density at radius 2 is 1.72 bits per heavy atom. The van der Waals surface area contributed by atoms with Gasteiger partial charge in [-0.25, -0.2) is 22.8 Å². The first-order valence-corrected chi connectivity index (χ1v) is 11.5. The van der Waals surface area contributed by atoms with Gasteiger partial charge in [0.15, 0.2) is 17.6 Å². The number of imide groups is 1. The lowest BCUT2D eigenvalue weighted by molar-refractivity contribution is -0.155. The Balaban J connectivity index is 1.76. The van der Waals surface area contributed by atoms with E-state index < -0.39 is 89.1 Å². The van der Waals surface area contributed by atoms with Gasteiger partial charge in [-0.05, 0) is 18.6 Å². The number of benzene rings is 2. The lowest BCUT2D eigenvalue weighted by atomic mass is 10.0. The van der Waals surface area contributed by atoms with Gasteiger partial charge in [0.25, 0.3) is 0 Å². The zero-order valence-electron chi connectivity index (χ0n) is 20.2. The SMILES string of the molecule is CCOC(=O)C1CN(c2cc(F)c(N3CCNC3=O)c(F)c2)C(=O)N(Cc2cccc(F)c2C(F)(F)F)C1=O. The number of nitrogens with zero attached hydrogens (tertiary/aromatic N) is 3. The number of rotatable bonds is 6. The molecule has 2 aliphatic heterocycles. The quantitative estimate of drug-likeness (QED) is 0.331. The molecule has 5 amide bonds. The minimum absolute atomic E-state index is 0.0446. The van der Waals surface area contributed by atoms with Crippen molar-refractivity contribution in [2.45, 2.75) is 19.6 Å². The fourth-order valence-corrected chi connectivity index (χ4v) is 4.39. The average molecular weight is 558 g/mol. The van der Waals surface area contributed by atoms with Gasteiger partial charge in [0.2, 0.25) is 5.91 Å². The first kappa shape index (κ1) is 27.7. The molecule has 39 heavy (non-hydrogen) atoms. The summed E-state index contributed by atoms with van der Waals surface area (Å²) in [4.78, 5) is 52.5. The summed E-state index contributed by atoms with van der Waals surface area (Å²) < 4.78 is 89.7. The maximum atomic E-state index is 15.0. The van der Waals surface area contributed by atoms with Crippen molar-refractivity contribution in [1.82, 2.24) is 10.2 Å². The molecule has 0 spiro atoms. The molecule has 0 bridgehead atoms. The van der Waals surface area contributed by atoms with Crippen molar-refractivity contribution < 1.29 is 50.3 Å². The molecule has 2 aromatic carbocycles. The Hall–Kier alpha value is -4.30. The van der Waals surface area contributed by atoms with E-state index in [9.17, 15) is 36.7 Å². The molecule has 4 rings (SSSR count). The fraction of sp³-hybridized carbons (Fsp3) is 0.333. The van der Waals surface area contributed by atoms with Gasteiger partial charge in [0, 0.05) is 25.2 Å². The zero-order chi connectivity index (χ0) is 28.6. The third-order valence-electron chi connectivity index (χ3n) is 6.11. The maximum Gasteiger partial charge on any atom is 0.419 e. The molecule has 0 aromatic heterocycles. The molecule has 15 heteroatoms. The highest BCUT2D eigenvalue weighted by Crippen LogP contribution is 2.36. The van der Waals surface area contributed by atoms with Crippen LogP contribution in [-0.2, 0) is 27.0 Å². The van der Waals surface area contributed by atoms with E-state index in [1.807, 2.05) is 0 Å². The van der Waals surface area contributed by atoms with Crippen LogP contribution in [0.25, 0.3) is 0 Å². The van der Waals surface area contributed by atoms with Gasteiger partial charge in [0.1, 0.15) is 11.5 Å². The molecule has 0 saturated carbocycles. The van der Waals surface area contributed by atoms with Gasteiger partial charge in [-0.15, -0.1) is 0 Å². The zero-order valence-corrected chi connectivity index (χ0v) is 20.2. The Bertz CT molecular complexity index is 1330. The van der Waals surface area contributed by atoms with Crippen LogP contribution in [0.15, 0.2) is 30.3 Å². The number of halogens is 6. The number of hydrogen-bond acceptors (Lipinski definition) is 5. The highest BCUT2D eigenvalue weighted by atomic mass is 19.4. The number of hydrogen-bond donors (Lipinski definition) is 1. The predicted molar refractivity (Wildman–Crippen MR) is 122 cm³/mol. The minimum atomic E-state index is -5.19. The molecular weight excluding hydrogens is 538 g/mol. The van der Waals surface area contributed by atoms with Crippen LogP contribution in [-0.4, -0.2) is 55.1 Å². The minimum Gasteiger partial charge on any atom is -0.465 e. The number of anilines is 2. The normalized spacial score (nSPS) is 18.1. The van der Waals surface area contributed by atoms with Crippen molar-refractivity contribution in [2.75, 3.05) is 36.0 Å². The highest BCUT2D eigenvalue weighted by molar-refractivity contribution is 6.12. The molecule has 208 valence electrons. The van der Waals surface area contributed by atoms with E-state index in [-0.39, 0.29) is 24.6 Å². The molecule has 2 aliphatic rings. The molecule has 2 saturated heterocycles. The lowest BCUT2D eigenvalue weighted by Gasteiger charge is -2.38. The van der Waals surface area contributed by atoms with E-state index in [4.69, 9.17) is 4.74 Å². The highest BCUT2D eigenvalue weighted by Gasteiger charge is 2.46. The third kappa shape index (κ3) is 5.20. The summed E-state index contributed by atoms with van der Waals surface area (Å²) in [5, 5.41) is 2.38. The summed E-state index contributed by atoms with van der Waals surface area (Å²) in [6.45, 7) is -0.529. The van der Waals surface area contributed by atoms with Crippen LogP contribution in [0, 0.1) is 23.4 Å². The lowest BCUT2D eigenvalue weighted by Crippen LogP contribution is -2.58. The van der Waals surface area contributed by atoms with Crippen LogP contribution >= 0.6 is 0 Å². The summed E-state index contributed by atoms with van der Waals surface area (Å²) in [7, 11) is 0. The predicted octanol–water partition coefficient (Wildman–Crippen LogP) is 3.80. The number of urea groups is 2. The second-order valence-electron chi connectivity index (χ2n) is 8.54. The van der Waals surface area contributed by atoms with Crippen molar-refractivity contribution in [2.24, 2.45) is 5.92 Å². The van der Waals surface area contributed by atoms with Crippen molar-refractivity contribution in [1.29, 1.82) is 0 Å². The van der Waals surface area contributed by atoms with Crippen molar-refractivity contribution >= 4 is 35.3 Å². The largest absolute Gasteiger partial charge is 0.465 e. The van der Waals surface area contributed by atoms with Crippen molar-refractivity contribution in [3.05, 3.63) is 58.9 Å². The molecular formula is C24H20F6N4O5.